The summed E-state index contributed by atoms with van der Waals surface area (Å²) in [5, 5.41) is 3.10. The first-order valence-electron chi connectivity index (χ1n) is 5.68. The van der Waals surface area contributed by atoms with Gasteiger partial charge in [0.15, 0.2) is 0 Å². The van der Waals surface area contributed by atoms with Crippen LogP contribution in [0.4, 0.5) is 5.69 Å². The van der Waals surface area contributed by atoms with Crippen LogP contribution in [0.25, 0.3) is 0 Å². The third-order valence-corrected chi connectivity index (χ3v) is 4.22. The summed E-state index contributed by atoms with van der Waals surface area (Å²) < 4.78 is 25.3. The Morgan fingerprint density at radius 1 is 1.24 bits per heavy atom. The third-order valence-electron chi connectivity index (χ3n) is 2.45. The van der Waals surface area contributed by atoms with Gasteiger partial charge in [0, 0.05) is 19.6 Å². The van der Waals surface area contributed by atoms with Crippen LogP contribution in [-0.2, 0) is 10.0 Å². The van der Waals surface area contributed by atoms with Crippen LogP contribution in [0.2, 0.25) is 0 Å². The first-order chi connectivity index (χ1) is 7.93. The highest BCUT2D eigenvalue weighted by Gasteiger charge is 2.17. The molecule has 0 radical (unpaired) electrons. The summed E-state index contributed by atoms with van der Waals surface area (Å²) in [6, 6.07) is 9.39. The van der Waals surface area contributed by atoms with Crippen molar-refractivity contribution >= 4 is 15.7 Å². The maximum absolute atomic E-state index is 12.0. The molecule has 0 aromatic heterocycles. The number of benzene rings is 1. The second-order valence-electron chi connectivity index (χ2n) is 4.23. The van der Waals surface area contributed by atoms with Crippen LogP contribution in [0.5, 0.6) is 0 Å². The van der Waals surface area contributed by atoms with Gasteiger partial charge >= 0.3 is 0 Å². The maximum Gasteiger partial charge on any atom is 0.236 e. The van der Waals surface area contributed by atoms with Crippen molar-refractivity contribution < 1.29 is 8.42 Å². The minimum absolute atomic E-state index is 0.108. The summed E-state index contributed by atoms with van der Waals surface area (Å²) >= 11 is 0. The molecule has 96 valence electrons. The van der Waals surface area contributed by atoms with E-state index in [4.69, 9.17) is 0 Å². The second-order valence-corrected chi connectivity index (χ2v) is 6.35. The Balaban J connectivity index is 2.65. The molecule has 1 aromatic carbocycles. The van der Waals surface area contributed by atoms with Crippen molar-refractivity contribution in [2.75, 3.05) is 23.7 Å². The Kier molecular flexibility index (Phi) is 4.96. The molecule has 17 heavy (non-hydrogen) atoms. The molecule has 0 heterocycles. The van der Waals surface area contributed by atoms with Gasteiger partial charge in [-0.25, -0.2) is 8.42 Å². The van der Waals surface area contributed by atoms with Crippen molar-refractivity contribution in [2.45, 2.75) is 19.9 Å². The zero-order valence-corrected chi connectivity index (χ0v) is 11.4. The lowest BCUT2D eigenvalue weighted by molar-refractivity contribution is 0.577. The summed E-state index contributed by atoms with van der Waals surface area (Å²) in [6.45, 7) is 4.46. The zero-order chi connectivity index (χ0) is 12.9. The molecule has 4 nitrogen and oxygen atoms in total. The van der Waals surface area contributed by atoms with Gasteiger partial charge in [0.2, 0.25) is 10.0 Å². The summed E-state index contributed by atoms with van der Waals surface area (Å²) in [6.07, 6.45) is 0. The van der Waals surface area contributed by atoms with Crippen molar-refractivity contribution in [3.63, 3.8) is 0 Å². The van der Waals surface area contributed by atoms with Gasteiger partial charge in [-0.15, -0.1) is 0 Å². The molecular weight excluding hydrogens is 236 g/mol. The largest absolute Gasteiger partial charge is 0.313 e. The lowest BCUT2D eigenvalue weighted by atomic mass is 10.3. The van der Waals surface area contributed by atoms with Crippen molar-refractivity contribution in [3.05, 3.63) is 30.3 Å². The van der Waals surface area contributed by atoms with Crippen LogP contribution in [0.3, 0.4) is 0 Å². The number of nitrogens with zero attached hydrogens (tertiary/aromatic N) is 1. The van der Waals surface area contributed by atoms with Gasteiger partial charge < -0.3 is 5.32 Å². The first kappa shape index (κ1) is 14.0. The Bertz CT molecular complexity index is 429. The van der Waals surface area contributed by atoms with Crippen molar-refractivity contribution in [1.29, 1.82) is 0 Å². The molecule has 0 unspecified atom stereocenters. The molecule has 0 aliphatic carbocycles. The van der Waals surface area contributed by atoms with Crippen LogP contribution >= 0.6 is 0 Å². The number of sulfonamides is 1. The molecule has 1 N–H and O–H groups in total. The predicted octanol–water partition coefficient (Wildman–Crippen LogP) is 1.45. The number of hydrogen-bond donors (Lipinski definition) is 1. The van der Waals surface area contributed by atoms with Crippen LogP contribution in [-0.4, -0.2) is 33.8 Å². The van der Waals surface area contributed by atoms with Gasteiger partial charge in [-0.2, -0.15) is 0 Å². The molecule has 0 saturated heterocycles. The quantitative estimate of drug-likeness (QED) is 0.838. The third kappa shape index (κ3) is 4.36. The van der Waals surface area contributed by atoms with Crippen LogP contribution < -0.4 is 9.62 Å². The average molecular weight is 256 g/mol. The lowest BCUT2D eigenvalue weighted by Crippen LogP contribution is -2.35. The number of para-hydroxylation sites is 1. The van der Waals surface area contributed by atoms with E-state index in [2.05, 4.69) is 5.32 Å². The summed E-state index contributed by atoms with van der Waals surface area (Å²) in [4.78, 5) is 0. The standard InChI is InChI=1S/C12H20N2O2S/c1-11(2)13-9-10-17(15,16)14(3)12-7-5-4-6-8-12/h4-8,11,13H,9-10H2,1-3H3. The molecule has 1 rings (SSSR count). The molecule has 0 atom stereocenters. The van der Waals surface area contributed by atoms with Crippen LogP contribution in [0.15, 0.2) is 30.3 Å². The fourth-order valence-electron chi connectivity index (χ4n) is 1.41. The molecule has 0 spiro atoms. The van der Waals surface area contributed by atoms with E-state index in [9.17, 15) is 8.42 Å². The Labute approximate surface area is 104 Å². The van der Waals surface area contributed by atoms with E-state index >= 15 is 0 Å². The van der Waals surface area contributed by atoms with Gasteiger partial charge in [0.05, 0.1) is 11.4 Å². The maximum atomic E-state index is 12.0. The fraction of sp³-hybridized carbons (Fsp3) is 0.500. The number of hydrogen-bond acceptors (Lipinski definition) is 3. The van der Waals surface area contributed by atoms with E-state index in [0.29, 0.717) is 18.3 Å². The van der Waals surface area contributed by atoms with Crippen LogP contribution in [0.1, 0.15) is 13.8 Å². The van der Waals surface area contributed by atoms with E-state index < -0.39 is 10.0 Å². The summed E-state index contributed by atoms with van der Waals surface area (Å²) in [5.74, 6) is 0.108. The highest BCUT2D eigenvalue weighted by Crippen LogP contribution is 2.14. The molecule has 1 aromatic rings. The predicted molar refractivity (Wildman–Crippen MR) is 71.8 cm³/mol. The highest BCUT2D eigenvalue weighted by molar-refractivity contribution is 7.92. The Morgan fingerprint density at radius 3 is 2.35 bits per heavy atom. The Hall–Kier alpha value is -1.07. The van der Waals surface area contributed by atoms with Gasteiger partial charge in [0.1, 0.15) is 0 Å². The van der Waals surface area contributed by atoms with Gasteiger partial charge in [-0.3, -0.25) is 4.31 Å². The second kappa shape index (κ2) is 6.02. The van der Waals surface area contributed by atoms with Crippen LogP contribution in [0, 0.1) is 0 Å². The fourth-order valence-corrected chi connectivity index (χ4v) is 2.50. The summed E-state index contributed by atoms with van der Waals surface area (Å²) in [5.41, 5.74) is 0.692. The number of anilines is 1. The van der Waals surface area contributed by atoms with E-state index in [-0.39, 0.29) is 5.75 Å². The SMILES string of the molecule is CC(C)NCCS(=O)(=O)N(C)c1ccccc1. The summed E-state index contributed by atoms with van der Waals surface area (Å²) in [7, 11) is -1.65. The lowest BCUT2D eigenvalue weighted by Gasteiger charge is -2.19. The highest BCUT2D eigenvalue weighted by atomic mass is 32.2. The molecular formula is C12H20N2O2S. The number of nitrogens with one attached hydrogen (secondary N) is 1. The van der Waals surface area contributed by atoms with Gasteiger partial charge in [0.25, 0.3) is 0 Å². The minimum atomic E-state index is -3.24. The smallest absolute Gasteiger partial charge is 0.236 e. The normalized spacial score (nSPS) is 11.8. The van der Waals surface area contributed by atoms with E-state index in [1.807, 2.05) is 32.0 Å². The zero-order valence-electron chi connectivity index (χ0n) is 10.6. The van der Waals surface area contributed by atoms with Crippen molar-refractivity contribution in [3.8, 4) is 0 Å². The van der Waals surface area contributed by atoms with E-state index in [1.54, 1.807) is 19.2 Å². The van der Waals surface area contributed by atoms with Gasteiger partial charge in [-0.1, -0.05) is 32.0 Å². The van der Waals surface area contributed by atoms with E-state index in [1.165, 1.54) is 4.31 Å². The van der Waals surface area contributed by atoms with Gasteiger partial charge in [-0.05, 0) is 12.1 Å². The minimum Gasteiger partial charge on any atom is -0.313 e. The molecule has 0 amide bonds. The Morgan fingerprint density at radius 2 is 1.82 bits per heavy atom. The molecule has 0 saturated carbocycles. The monoisotopic (exact) mass is 256 g/mol. The number of rotatable bonds is 6. The molecule has 0 aliphatic heterocycles. The first-order valence-corrected chi connectivity index (χ1v) is 7.29. The topological polar surface area (TPSA) is 49.4 Å². The van der Waals surface area contributed by atoms with E-state index in [0.717, 1.165) is 0 Å². The molecule has 0 fully saturated rings. The molecule has 0 bridgehead atoms. The van der Waals surface area contributed by atoms with Crippen molar-refractivity contribution in [2.24, 2.45) is 0 Å². The molecule has 5 heteroatoms. The van der Waals surface area contributed by atoms with Crippen molar-refractivity contribution in [1.82, 2.24) is 5.32 Å². The molecule has 0 aliphatic rings. The average Bonchev–Trinajstić information content (AvgIpc) is 2.28.